The molecule has 7 heteroatoms. The average molecular weight is 481 g/mol. The number of benzene rings is 3. The molecule has 2 heterocycles. The van der Waals surface area contributed by atoms with Gasteiger partial charge >= 0.3 is 0 Å². The SMILES string of the molecule is CC12C(=O)N(c3ccc(Br)cc3)C(=O)C1ON(c1ccccc1)C2c1ccc(F)cc1. The maximum atomic E-state index is 13.7. The van der Waals surface area contributed by atoms with Gasteiger partial charge in [-0.3, -0.25) is 14.4 Å². The van der Waals surface area contributed by atoms with E-state index in [1.807, 2.05) is 30.3 Å². The second-order valence-corrected chi connectivity index (χ2v) is 8.75. The normalized spacial score (nSPS) is 25.3. The first-order valence-corrected chi connectivity index (χ1v) is 10.6. The van der Waals surface area contributed by atoms with Gasteiger partial charge in [0.1, 0.15) is 11.2 Å². The Morgan fingerprint density at radius 2 is 1.55 bits per heavy atom. The molecule has 2 aliphatic heterocycles. The summed E-state index contributed by atoms with van der Waals surface area (Å²) in [5.41, 5.74) is 0.691. The summed E-state index contributed by atoms with van der Waals surface area (Å²) >= 11 is 3.37. The van der Waals surface area contributed by atoms with Crippen molar-refractivity contribution in [3.63, 3.8) is 0 Å². The van der Waals surface area contributed by atoms with Crippen molar-refractivity contribution in [2.24, 2.45) is 5.41 Å². The van der Waals surface area contributed by atoms with E-state index in [0.717, 1.165) is 4.47 Å². The molecule has 0 aromatic heterocycles. The van der Waals surface area contributed by atoms with Crippen molar-refractivity contribution >= 4 is 39.1 Å². The van der Waals surface area contributed by atoms with Gasteiger partial charge in [0.15, 0.2) is 6.10 Å². The fourth-order valence-electron chi connectivity index (χ4n) is 4.41. The minimum Gasteiger partial charge on any atom is -0.273 e. The summed E-state index contributed by atoms with van der Waals surface area (Å²) in [5.74, 6) is -1.14. The highest BCUT2D eigenvalue weighted by atomic mass is 79.9. The maximum absolute atomic E-state index is 13.7. The number of carbonyl (C=O) groups excluding carboxylic acids is 2. The molecule has 0 radical (unpaired) electrons. The summed E-state index contributed by atoms with van der Waals surface area (Å²) in [6.07, 6.45) is -1.00. The summed E-state index contributed by atoms with van der Waals surface area (Å²) in [5, 5.41) is 1.60. The Hall–Kier alpha value is -3.03. The van der Waals surface area contributed by atoms with E-state index in [0.29, 0.717) is 16.9 Å². The zero-order chi connectivity index (χ0) is 21.8. The number of fused-ring (bicyclic) bond motifs is 1. The second-order valence-electron chi connectivity index (χ2n) is 7.84. The Morgan fingerprint density at radius 1 is 0.903 bits per heavy atom. The van der Waals surface area contributed by atoms with Crippen LogP contribution in [-0.4, -0.2) is 17.9 Å². The Labute approximate surface area is 187 Å². The van der Waals surface area contributed by atoms with Gasteiger partial charge in [0.05, 0.1) is 17.4 Å². The Balaban J connectivity index is 1.63. The van der Waals surface area contributed by atoms with Crippen molar-refractivity contribution in [1.82, 2.24) is 0 Å². The standard InChI is InChI=1S/C24H18BrFN2O3/c1-24-20(15-7-11-17(26)12-8-15)28(19-5-3-2-4-6-19)31-21(24)22(29)27(23(24)30)18-13-9-16(25)10-14-18/h2-14,20-21H,1H3. The fourth-order valence-corrected chi connectivity index (χ4v) is 4.67. The highest BCUT2D eigenvalue weighted by Gasteiger charge is 2.68. The van der Waals surface area contributed by atoms with E-state index < -0.39 is 23.5 Å². The molecule has 2 fully saturated rings. The van der Waals surface area contributed by atoms with Gasteiger partial charge in [-0.25, -0.2) is 14.4 Å². The number of hydroxylamine groups is 1. The summed E-state index contributed by atoms with van der Waals surface area (Å²) in [4.78, 5) is 34.5. The molecule has 5 rings (SSSR count). The topological polar surface area (TPSA) is 49.9 Å². The van der Waals surface area contributed by atoms with Crippen LogP contribution in [0, 0.1) is 11.2 Å². The molecule has 0 N–H and O–H groups in total. The molecular formula is C24H18BrFN2O3. The monoisotopic (exact) mass is 480 g/mol. The number of hydrogen-bond acceptors (Lipinski definition) is 4. The predicted octanol–water partition coefficient (Wildman–Crippen LogP) is 5.03. The van der Waals surface area contributed by atoms with Gasteiger partial charge in [-0.05, 0) is 61.0 Å². The van der Waals surface area contributed by atoms with Crippen molar-refractivity contribution in [3.8, 4) is 0 Å². The van der Waals surface area contributed by atoms with Gasteiger partial charge in [-0.15, -0.1) is 0 Å². The Bertz CT molecular complexity index is 1150. The summed E-state index contributed by atoms with van der Waals surface area (Å²) in [7, 11) is 0. The van der Waals surface area contributed by atoms with Crippen LogP contribution in [0.5, 0.6) is 0 Å². The number of amides is 2. The lowest BCUT2D eigenvalue weighted by molar-refractivity contribution is -0.128. The number of imide groups is 1. The lowest BCUT2D eigenvalue weighted by Crippen LogP contribution is -2.41. The Kier molecular flexibility index (Phi) is 4.68. The minimum atomic E-state index is -1.20. The third-order valence-electron chi connectivity index (χ3n) is 5.96. The molecule has 0 aliphatic carbocycles. The van der Waals surface area contributed by atoms with Gasteiger partial charge < -0.3 is 0 Å². The molecule has 3 unspecified atom stereocenters. The van der Waals surface area contributed by atoms with Crippen molar-refractivity contribution < 1.29 is 18.8 Å². The highest BCUT2D eigenvalue weighted by molar-refractivity contribution is 9.10. The molecule has 0 saturated carbocycles. The molecule has 3 aromatic rings. The quantitative estimate of drug-likeness (QED) is 0.493. The number of anilines is 2. The minimum absolute atomic E-state index is 0.349. The smallest absolute Gasteiger partial charge is 0.266 e. The third-order valence-corrected chi connectivity index (χ3v) is 6.48. The largest absolute Gasteiger partial charge is 0.273 e. The fraction of sp³-hybridized carbons (Fsp3) is 0.167. The number of para-hydroxylation sites is 1. The molecule has 2 amide bonds. The maximum Gasteiger partial charge on any atom is 0.266 e. The molecule has 0 bridgehead atoms. The molecule has 31 heavy (non-hydrogen) atoms. The van der Waals surface area contributed by atoms with Crippen molar-refractivity contribution in [1.29, 1.82) is 0 Å². The van der Waals surface area contributed by atoms with Crippen LogP contribution in [0.3, 0.4) is 0 Å². The number of hydrogen-bond donors (Lipinski definition) is 0. The van der Waals surface area contributed by atoms with Crippen LogP contribution in [-0.2, 0) is 14.4 Å². The molecule has 2 aliphatic rings. The van der Waals surface area contributed by atoms with Crippen LogP contribution in [0.2, 0.25) is 0 Å². The molecule has 3 atom stereocenters. The third kappa shape index (κ3) is 2.99. The molecule has 0 spiro atoms. The van der Waals surface area contributed by atoms with Gasteiger partial charge in [-0.1, -0.05) is 46.3 Å². The van der Waals surface area contributed by atoms with E-state index in [9.17, 15) is 14.0 Å². The van der Waals surface area contributed by atoms with Crippen LogP contribution < -0.4 is 9.96 Å². The van der Waals surface area contributed by atoms with Crippen molar-refractivity contribution in [2.45, 2.75) is 19.1 Å². The van der Waals surface area contributed by atoms with E-state index in [2.05, 4.69) is 15.9 Å². The lowest BCUT2D eigenvalue weighted by atomic mass is 9.76. The van der Waals surface area contributed by atoms with Crippen LogP contribution in [0.15, 0.2) is 83.3 Å². The lowest BCUT2D eigenvalue weighted by Gasteiger charge is -2.32. The summed E-state index contributed by atoms with van der Waals surface area (Å²) in [6.45, 7) is 1.74. The average Bonchev–Trinajstić information content (AvgIpc) is 3.19. The Morgan fingerprint density at radius 3 is 2.19 bits per heavy atom. The van der Waals surface area contributed by atoms with Crippen molar-refractivity contribution in [2.75, 3.05) is 9.96 Å². The van der Waals surface area contributed by atoms with E-state index in [1.165, 1.54) is 17.0 Å². The van der Waals surface area contributed by atoms with Gasteiger partial charge in [0.2, 0.25) is 5.91 Å². The first kappa shape index (κ1) is 19.9. The van der Waals surface area contributed by atoms with E-state index in [-0.39, 0.29) is 11.7 Å². The van der Waals surface area contributed by atoms with Crippen molar-refractivity contribution in [3.05, 3.63) is 94.7 Å². The van der Waals surface area contributed by atoms with Crippen LogP contribution in [0.25, 0.3) is 0 Å². The zero-order valence-corrected chi connectivity index (χ0v) is 18.1. The van der Waals surface area contributed by atoms with Crippen LogP contribution >= 0.6 is 15.9 Å². The van der Waals surface area contributed by atoms with Crippen LogP contribution in [0.4, 0.5) is 15.8 Å². The molecule has 2 saturated heterocycles. The van der Waals surface area contributed by atoms with Crippen LogP contribution in [0.1, 0.15) is 18.5 Å². The van der Waals surface area contributed by atoms with Gasteiger partial charge in [0, 0.05) is 4.47 Å². The van der Waals surface area contributed by atoms with E-state index >= 15 is 0 Å². The molecule has 5 nitrogen and oxygen atoms in total. The summed E-state index contributed by atoms with van der Waals surface area (Å²) in [6, 6.07) is 21.6. The zero-order valence-electron chi connectivity index (χ0n) is 16.5. The number of halogens is 2. The number of carbonyl (C=O) groups is 2. The molecule has 156 valence electrons. The second kappa shape index (κ2) is 7.28. The molecular weight excluding hydrogens is 463 g/mol. The van der Waals surface area contributed by atoms with E-state index in [4.69, 9.17) is 4.84 Å². The first-order valence-electron chi connectivity index (χ1n) is 9.82. The number of rotatable bonds is 3. The highest BCUT2D eigenvalue weighted by Crippen LogP contribution is 2.55. The van der Waals surface area contributed by atoms with E-state index in [1.54, 1.807) is 48.4 Å². The first-order chi connectivity index (χ1) is 14.9. The molecule has 3 aromatic carbocycles. The number of nitrogens with zero attached hydrogens (tertiary/aromatic N) is 2. The van der Waals surface area contributed by atoms with Gasteiger partial charge in [-0.2, -0.15) is 0 Å². The van der Waals surface area contributed by atoms with Gasteiger partial charge in [0.25, 0.3) is 5.91 Å². The summed E-state index contributed by atoms with van der Waals surface area (Å²) < 4.78 is 14.5. The predicted molar refractivity (Wildman–Crippen MR) is 118 cm³/mol.